The number of hydrogen-bond acceptors (Lipinski definition) is 5. The van der Waals surface area contributed by atoms with Crippen LogP contribution >= 0.6 is 11.3 Å². The fraction of sp³-hybridized carbons (Fsp3) is 0.143. The first-order chi connectivity index (χ1) is 14.0. The molecule has 6 nitrogen and oxygen atoms in total. The van der Waals surface area contributed by atoms with Crippen molar-refractivity contribution in [2.75, 3.05) is 28.9 Å². The molecule has 2 heterocycles. The van der Waals surface area contributed by atoms with E-state index in [1.165, 1.54) is 17.0 Å². The van der Waals surface area contributed by atoms with Gasteiger partial charge in [-0.25, -0.2) is 4.39 Å². The number of rotatable bonds is 5. The smallest absolute Gasteiger partial charge is 0.251 e. The number of anilines is 3. The molecule has 0 radical (unpaired) electrons. The van der Waals surface area contributed by atoms with Gasteiger partial charge in [0.2, 0.25) is 5.91 Å². The van der Waals surface area contributed by atoms with Crippen LogP contribution in [-0.2, 0) is 11.3 Å². The van der Waals surface area contributed by atoms with Crippen LogP contribution in [0.4, 0.5) is 21.5 Å². The molecular weight excluding hydrogens is 391 g/mol. The zero-order valence-corrected chi connectivity index (χ0v) is 16.5. The van der Waals surface area contributed by atoms with Crippen LogP contribution in [0.1, 0.15) is 15.2 Å². The number of carbonyl (C=O) groups excluding carboxylic acids is 2. The number of benzene rings is 2. The number of thiophene rings is 1. The lowest BCUT2D eigenvalue weighted by molar-refractivity contribution is -0.117. The van der Waals surface area contributed by atoms with Gasteiger partial charge in [0.25, 0.3) is 5.91 Å². The van der Waals surface area contributed by atoms with E-state index in [4.69, 9.17) is 0 Å². The molecule has 8 heteroatoms. The number of likely N-dealkylation sites (N-methyl/N-ethyl adjacent to an activating group) is 1. The fourth-order valence-electron chi connectivity index (χ4n) is 3.09. The lowest BCUT2D eigenvalue weighted by Gasteiger charge is -2.36. The van der Waals surface area contributed by atoms with Gasteiger partial charge in [-0.05, 0) is 47.8 Å². The van der Waals surface area contributed by atoms with Gasteiger partial charge in [-0.15, -0.1) is 11.3 Å². The number of nitrogens with one attached hydrogen (secondary N) is 2. The van der Waals surface area contributed by atoms with Crippen molar-refractivity contribution < 1.29 is 14.0 Å². The highest BCUT2D eigenvalue weighted by molar-refractivity contribution is 7.09. The van der Waals surface area contributed by atoms with E-state index in [9.17, 15) is 14.0 Å². The van der Waals surface area contributed by atoms with E-state index in [1.54, 1.807) is 53.7 Å². The molecule has 0 aliphatic carbocycles. The van der Waals surface area contributed by atoms with Gasteiger partial charge in [0, 0.05) is 23.6 Å². The maximum Gasteiger partial charge on any atom is 0.251 e. The summed E-state index contributed by atoms with van der Waals surface area (Å²) in [7, 11) is 1.67. The summed E-state index contributed by atoms with van der Waals surface area (Å²) in [6.07, 6.45) is 0. The van der Waals surface area contributed by atoms with Gasteiger partial charge in [-0.1, -0.05) is 6.07 Å². The first kappa shape index (κ1) is 18.9. The van der Waals surface area contributed by atoms with E-state index < -0.39 is 0 Å². The highest BCUT2D eigenvalue weighted by Crippen LogP contribution is 2.33. The van der Waals surface area contributed by atoms with E-state index in [2.05, 4.69) is 10.7 Å². The zero-order valence-electron chi connectivity index (χ0n) is 15.7. The average Bonchev–Trinajstić information content (AvgIpc) is 3.24. The summed E-state index contributed by atoms with van der Waals surface area (Å²) >= 11 is 1.59. The van der Waals surface area contributed by atoms with Crippen molar-refractivity contribution in [2.45, 2.75) is 6.54 Å². The van der Waals surface area contributed by atoms with Crippen LogP contribution in [0.2, 0.25) is 0 Å². The number of hydrogen-bond donors (Lipinski definition) is 2. The van der Waals surface area contributed by atoms with Crippen LogP contribution in [0, 0.1) is 5.82 Å². The third kappa shape index (κ3) is 4.07. The topological polar surface area (TPSA) is 64.7 Å². The predicted molar refractivity (Wildman–Crippen MR) is 113 cm³/mol. The third-order valence-electron chi connectivity index (χ3n) is 4.67. The second-order valence-electron chi connectivity index (χ2n) is 6.62. The van der Waals surface area contributed by atoms with Crippen LogP contribution in [0.5, 0.6) is 0 Å². The normalized spacial score (nSPS) is 13.2. The molecule has 1 aromatic heterocycles. The molecule has 0 saturated heterocycles. The molecule has 0 saturated carbocycles. The second kappa shape index (κ2) is 7.92. The molecule has 0 fully saturated rings. The van der Waals surface area contributed by atoms with Gasteiger partial charge < -0.3 is 10.2 Å². The van der Waals surface area contributed by atoms with Crippen molar-refractivity contribution in [3.63, 3.8) is 0 Å². The molecule has 29 heavy (non-hydrogen) atoms. The largest absolute Gasteiger partial charge is 0.347 e. The van der Waals surface area contributed by atoms with Crippen LogP contribution < -0.4 is 20.7 Å². The van der Waals surface area contributed by atoms with Crippen LogP contribution in [-0.4, -0.2) is 25.4 Å². The van der Waals surface area contributed by atoms with Gasteiger partial charge in [0.1, 0.15) is 12.4 Å². The summed E-state index contributed by atoms with van der Waals surface area (Å²) in [6.45, 7) is 0.554. The van der Waals surface area contributed by atoms with Gasteiger partial charge in [0.05, 0.1) is 23.6 Å². The molecule has 1 aliphatic rings. The van der Waals surface area contributed by atoms with E-state index in [-0.39, 0.29) is 24.2 Å². The number of amides is 2. The molecule has 0 atom stereocenters. The highest BCUT2D eigenvalue weighted by Gasteiger charge is 2.27. The summed E-state index contributed by atoms with van der Waals surface area (Å²) in [5.41, 5.74) is 5.55. The molecule has 0 spiro atoms. The Bertz CT molecular complexity index is 1040. The van der Waals surface area contributed by atoms with E-state index in [0.717, 1.165) is 4.88 Å². The van der Waals surface area contributed by atoms with Gasteiger partial charge in [0.15, 0.2) is 0 Å². The monoisotopic (exact) mass is 410 g/mol. The lowest BCUT2D eigenvalue weighted by Crippen LogP contribution is -2.46. The number of halogens is 1. The SMILES string of the molecule is CN1C(=O)CN(Nc2ccc(C(=O)NCc3cccs3)cc2)c2cc(F)ccc21. The Kier molecular flexibility index (Phi) is 5.18. The summed E-state index contributed by atoms with van der Waals surface area (Å²) < 4.78 is 13.7. The molecule has 148 valence electrons. The van der Waals surface area contributed by atoms with Crippen molar-refractivity contribution in [1.82, 2.24) is 5.32 Å². The molecule has 4 rings (SSSR count). The van der Waals surface area contributed by atoms with Crippen molar-refractivity contribution in [1.29, 1.82) is 0 Å². The molecule has 2 N–H and O–H groups in total. The van der Waals surface area contributed by atoms with Gasteiger partial charge in [-0.2, -0.15) is 0 Å². The molecule has 0 unspecified atom stereocenters. The zero-order chi connectivity index (χ0) is 20.4. The first-order valence-corrected chi connectivity index (χ1v) is 9.90. The van der Waals surface area contributed by atoms with Gasteiger partial charge in [-0.3, -0.25) is 20.0 Å². The Morgan fingerprint density at radius 3 is 2.66 bits per heavy atom. The standard InChI is InChI=1S/C21H19FN4O2S/c1-25-18-9-6-15(22)11-19(18)26(13-20(25)27)24-16-7-4-14(5-8-16)21(28)23-12-17-3-2-10-29-17/h2-11,24H,12-13H2,1H3,(H,23,28). The minimum absolute atomic E-state index is 0.0655. The number of carbonyl (C=O) groups is 2. The van der Waals surface area contributed by atoms with Gasteiger partial charge >= 0.3 is 0 Å². The van der Waals surface area contributed by atoms with Crippen molar-refractivity contribution in [2.24, 2.45) is 0 Å². The molecule has 3 aromatic rings. The van der Waals surface area contributed by atoms with Crippen LogP contribution in [0.3, 0.4) is 0 Å². The fourth-order valence-corrected chi connectivity index (χ4v) is 3.74. The van der Waals surface area contributed by atoms with Crippen LogP contribution in [0.15, 0.2) is 60.0 Å². The molecule has 1 aliphatic heterocycles. The summed E-state index contributed by atoms with van der Waals surface area (Å²) in [4.78, 5) is 27.1. The van der Waals surface area contributed by atoms with E-state index in [0.29, 0.717) is 29.2 Å². The van der Waals surface area contributed by atoms with E-state index >= 15 is 0 Å². The molecular formula is C21H19FN4O2S. The average molecular weight is 410 g/mol. The molecule has 0 bridgehead atoms. The highest BCUT2D eigenvalue weighted by atomic mass is 32.1. The Labute approximate surface area is 171 Å². The van der Waals surface area contributed by atoms with E-state index in [1.807, 2.05) is 17.5 Å². The Hall–Kier alpha value is -3.39. The Balaban J connectivity index is 1.46. The quantitative estimate of drug-likeness (QED) is 0.674. The Morgan fingerprint density at radius 2 is 1.93 bits per heavy atom. The number of hydrazine groups is 1. The molecule has 2 amide bonds. The Morgan fingerprint density at radius 1 is 1.14 bits per heavy atom. The van der Waals surface area contributed by atoms with Crippen LogP contribution in [0.25, 0.3) is 0 Å². The maximum atomic E-state index is 13.7. The summed E-state index contributed by atoms with van der Waals surface area (Å²) in [5, 5.41) is 6.45. The molecule has 2 aromatic carbocycles. The minimum Gasteiger partial charge on any atom is -0.347 e. The number of fused-ring (bicyclic) bond motifs is 1. The third-order valence-corrected chi connectivity index (χ3v) is 5.55. The van der Waals surface area contributed by atoms with Crippen molar-refractivity contribution >= 4 is 40.2 Å². The maximum absolute atomic E-state index is 13.7. The van der Waals surface area contributed by atoms with Crippen molar-refractivity contribution in [3.05, 3.63) is 76.2 Å². The summed E-state index contributed by atoms with van der Waals surface area (Å²) in [6, 6.07) is 15.1. The predicted octanol–water partition coefficient (Wildman–Crippen LogP) is 3.63. The minimum atomic E-state index is -0.379. The first-order valence-electron chi connectivity index (χ1n) is 9.02. The second-order valence-corrected chi connectivity index (χ2v) is 7.66. The number of nitrogens with zero attached hydrogens (tertiary/aromatic N) is 2. The van der Waals surface area contributed by atoms with Crippen molar-refractivity contribution in [3.8, 4) is 0 Å². The lowest BCUT2D eigenvalue weighted by atomic mass is 10.1. The summed E-state index contributed by atoms with van der Waals surface area (Å²) in [5.74, 6) is -0.649.